The predicted octanol–water partition coefficient (Wildman–Crippen LogP) is 3.54. The van der Waals surface area contributed by atoms with Crippen LogP contribution in [-0.4, -0.2) is 62.1 Å². The minimum absolute atomic E-state index is 0.0149. The van der Waals surface area contributed by atoms with Crippen LogP contribution in [0.1, 0.15) is 24.5 Å². The number of hydrogen-bond donors (Lipinski definition) is 1. The van der Waals surface area contributed by atoms with Crippen LogP contribution in [0.5, 0.6) is 0 Å². The second kappa shape index (κ2) is 9.49. The lowest BCUT2D eigenvalue weighted by Crippen LogP contribution is -2.34. The van der Waals surface area contributed by atoms with E-state index in [1.807, 2.05) is 49.1 Å². The van der Waals surface area contributed by atoms with Crippen LogP contribution in [0, 0.1) is 6.92 Å². The molecule has 4 rings (SSSR count). The van der Waals surface area contributed by atoms with Crippen molar-refractivity contribution in [1.82, 2.24) is 9.88 Å². The number of pyridine rings is 1. The zero-order valence-corrected chi connectivity index (χ0v) is 19.8. The number of hydrogen-bond acceptors (Lipinski definition) is 6. The Kier molecular flexibility index (Phi) is 6.67. The Morgan fingerprint density at radius 2 is 1.82 bits per heavy atom. The van der Waals surface area contributed by atoms with Gasteiger partial charge < -0.3 is 10.0 Å². The topological polar surface area (TPSA) is 90.8 Å². The predicted molar refractivity (Wildman–Crippen MR) is 129 cm³/mol. The van der Waals surface area contributed by atoms with Gasteiger partial charge in [-0.05, 0) is 49.6 Å². The van der Waals surface area contributed by atoms with E-state index in [0.717, 1.165) is 34.9 Å². The molecule has 1 fully saturated rings. The molecule has 0 saturated carbocycles. The zero-order valence-electron chi connectivity index (χ0n) is 19.0. The molecule has 2 heterocycles. The van der Waals surface area contributed by atoms with E-state index < -0.39 is 15.8 Å². The molecular formula is C25H29N3O4S. The summed E-state index contributed by atoms with van der Waals surface area (Å²) in [5.41, 5.74) is 3.49. The van der Waals surface area contributed by atoms with Gasteiger partial charge in [-0.3, -0.25) is 14.7 Å². The Morgan fingerprint density at radius 3 is 2.52 bits per heavy atom. The van der Waals surface area contributed by atoms with Gasteiger partial charge in [0, 0.05) is 37.8 Å². The summed E-state index contributed by atoms with van der Waals surface area (Å²) in [6, 6.07) is 12.9. The van der Waals surface area contributed by atoms with Gasteiger partial charge in [0.05, 0.1) is 22.6 Å². The lowest BCUT2D eigenvalue weighted by atomic mass is 10.1. The fraction of sp³-hybridized carbons (Fsp3) is 0.360. The summed E-state index contributed by atoms with van der Waals surface area (Å²) < 4.78 is 27.5. The molecule has 8 heteroatoms. The van der Waals surface area contributed by atoms with Gasteiger partial charge in [0.2, 0.25) is 9.84 Å². The van der Waals surface area contributed by atoms with E-state index in [2.05, 4.69) is 9.88 Å². The Balaban J connectivity index is 1.83. The molecule has 0 bridgehead atoms. The number of aryl methyl sites for hydroxylation is 2. The van der Waals surface area contributed by atoms with Gasteiger partial charge in [-0.25, -0.2) is 8.42 Å². The van der Waals surface area contributed by atoms with Crippen molar-refractivity contribution in [1.29, 1.82) is 0 Å². The van der Waals surface area contributed by atoms with Crippen molar-refractivity contribution in [2.24, 2.45) is 0 Å². The monoisotopic (exact) mass is 467 g/mol. The van der Waals surface area contributed by atoms with E-state index in [9.17, 15) is 18.3 Å². The van der Waals surface area contributed by atoms with E-state index in [-0.39, 0.29) is 16.3 Å². The van der Waals surface area contributed by atoms with Crippen LogP contribution in [-0.2, 0) is 21.1 Å². The molecule has 2 aromatic carbocycles. The fourth-order valence-corrected chi connectivity index (χ4v) is 5.81. The zero-order chi connectivity index (χ0) is 23.6. The number of carbonyl (C=O) groups is 1. The standard InChI is InChI=1S/C25H29N3O4S/c1-3-19-6-8-20(9-7-19)33(31,32)23-16-26-22-10-5-18(2)15-21(22)25(23)28-12-4-11-27(13-14-28)17-24(29)30/h5-10,15-16H,3-4,11-14,17H2,1-2H3,(H,29,30). The minimum Gasteiger partial charge on any atom is -0.480 e. The molecule has 0 radical (unpaired) electrons. The quantitative estimate of drug-likeness (QED) is 0.593. The smallest absolute Gasteiger partial charge is 0.317 e. The number of rotatable bonds is 6. The first-order chi connectivity index (χ1) is 15.8. The van der Waals surface area contributed by atoms with E-state index >= 15 is 0 Å². The Bertz CT molecular complexity index is 1270. The summed E-state index contributed by atoms with van der Waals surface area (Å²) in [5, 5.41) is 9.98. The van der Waals surface area contributed by atoms with Crippen LogP contribution in [0.3, 0.4) is 0 Å². The number of anilines is 1. The van der Waals surface area contributed by atoms with E-state index in [0.29, 0.717) is 31.9 Å². The van der Waals surface area contributed by atoms with Gasteiger partial charge in [0.15, 0.2) is 0 Å². The molecule has 1 aliphatic rings. The van der Waals surface area contributed by atoms with Gasteiger partial charge in [-0.1, -0.05) is 30.7 Å². The van der Waals surface area contributed by atoms with Crippen molar-refractivity contribution in [2.75, 3.05) is 37.6 Å². The molecule has 1 aromatic heterocycles. The maximum absolute atomic E-state index is 13.8. The number of aromatic nitrogens is 1. The number of carboxylic acids is 1. The average molecular weight is 468 g/mol. The lowest BCUT2D eigenvalue weighted by molar-refractivity contribution is -0.138. The van der Waals surface area contributed by atoms with Gasteiger partial charge in [-0.2, -0.15) is 0 Å². The molecule has 7 nitrogen and oxygen atoms in total. The van der Waals surface area contributed by atoms with Crippen molar-refractivity contribution in [2.45, 2.75) is 36.5 Å². The van der Waals surface area contributed by atoms with Crippen LogP contribution < -0.4 is 4.90 Å². The first-order valence-electron chi connectivity index (χ1n) is 11.2. The van der Waals surface area contributed by atoms with Crippen molar-refractivity contribution in [3.8, 4) is 0 Å². The Labute approximate surface area is 194 Å². The summed E-state index contributed by atoms with van der Waals surface area (Å²) in [6.07, 6.45) is 3.05. The summed E-state index contributed by atoms with van der Waals surface area (Å²) in [4.78, 5) is 20.1. The number of benzene rings is 2. The lowest BCUT2D eigenvalue weighted by Gasteiger charge is -2.27. The Morgan fingerprint density at radius 1 is 1.06 bits per heavy atom. The van der Waals surface area contributed by atoms with Gasteiger partial charge in [-0.15, -0.1) is 0 Å². The summed E-state index contributed by atoms with van der Waals surface area (Å²) in [7, 11) is -3.80. The van der Waals surface area contributed by atoms with Crippen LogP contribution in [0.25, 0.3) is 10.9 Å². The van der Waals surface area contributed by atoms with Crippen molar-refractivity contribution >= 4 is 32.4 Å². The number of fused-ring (bicyclic) bond motifs is 1. The van der Waals surface area contributed by atoms with Crippen LogP contribution in [0.2, 0.25) is 0 Å². The SMILES string of the molecule is CCc1ccc(S(=O)(=O)c2cnc3ccc(C)cc3c2N2CCCN(CC(=O)O)CC2)cc1. The average Bonchev–Trinajstić information content (AvgIpc) is 3.03. The number of aliphatic carboxylic acids is 1. The highest BCUT2D eigenvalue weighted by atomic mass is 32.2. The molecule has 0 amide bonds. The molecule has 3 aromatic rings. The Hall–Kier alpha value is -2.97. The van der Waals surface area contributed by atoms with E-state index in [1.54, 1.807) is 12.1 Å². The molecule has 0 atom stereocenters. The highest BCUT2D eigenvalue weighted by Crippen LogP contribution is 2.36. The third-order valence-electron chi connectivity index (χ3n) is 6.16. The van der Waals surface area contributed by atoms with Crippen LogP contribution in [0.15, 0.2) is 58.5 Å². The second-order valence-corrected chi connectivity index (χ2v) is 10.4. The van der Waals surface area contributed by atoms with Crippen molar-refractivity contribution in [3.63, 3.8) is 0 Å². The first kappa shape index (κ1) is 23.2. The number of carboxylic acid groups (broad SMARTS) is 1. The molecular weight excluding hydrogens is 438 g/mol. The van der Waals surface area contributed by atoms with E-state index in [1.165, 1.54) is 6.20 Å². The first-order valence-corrected chi connectivity index (χ1v) is 12.7. The molecule has 1 N–H and O–H groups in total. The molecule has 0 spiro atoms. The van der Waals surface area contributed by atoms with Gasteiger partial charge in [0.25, 0.3) is 0 Å². The molecule has 1 aliphatic heterocycles. The van der Waals surface area contributed by atoms with Crippen LogP contribution >= 0.6 is 0 Å². The highest BCUT2D eigenvalue weighted by molar-refractivity contribution is 7.91. The summed E-state index contributed by atoms with van der Waals surface area (Å²) in [5.74, 6) is -0.854. The normalized spacial score (nSPS) is 15.5. The van der Waals surface area contributed by atoms with Crippen molar-refractivity contribution in [3.05, 3.63) is 59.8 Å². The summed E-state index contributed by atoms with van der Waals surface area (Å²) in [6.45, 7) is 6.38. The van der Waals surface area contributed by atoms with E-state index in [4.69, 9.17) is 0 Å². The molecule has 174 valence electrons. The maximum Gasteiger partial charge on any atom is 0.317 e. The summed E-state index contributed by atoms with van der Waals surface area (Å²) >= 11 is 0. The molecule has 1 saturated heterocycles. The third-order valence-corrected chi connectivity index (χ3v) is 7.93. The third kappa shape index (κ3) is 4.86. The second-order valence-electron chi connectivity index (χ2n) is 8.50. The van der Waals surface area contributed by atoms with Crippen LogP contribution in [0.4, 0.5) is 5.69 Å². The maximum atomic E-state index is 13.8. The molecule has 0 unspecified atom stereocenters. The largest absolute Gasteiger partial charge is 0.480 e. The molecule has 0 aliphatic carbocycles. The molecule has 33 heavy (non-hydrogen) atoms. The van der Waals surface area contributed by atoms with Gasteiger partial charge >= 0.3 is 5.97 Å². The van der Waals surface area contributed by atoms with Crippen molar-refractivity contribution < 1.29 is 18.3 Å². The number of nitrogens with zero attached hydrogens (tertiary/aromatic N) is 3. The minimum atomic E-state index is -3.80. The number of sulfone groups is 1. The fourth-order valence-electron chi connectivity index (χ4n) is 4.37. The van der Waals surface area contributed by atoms with Gasteiger partial charge in [0.1, 0.15) is 4.90 Å². The highest BCUT2D eigenvalue weighted by Gasteiger charge is 2.28.